The Balaban J connectivity index is 2.17. The Bertz CT molecular complexity index is 687. The first-order valence-electron chi connectivity index (χ1n) is 5.99. The fourth-order valence-electron chi connectivity index (χ4n) is 2.04. The average Bonchev–Trinajstić information content (AvgIpc) is 2.83. The minimum Gasteiger partial charge on any atom is -0.279 e. The third-order valence-corrected chi connectivity index (χ3v) is 3.19. The van der Waals surface area contributed by atoms with Gasteiger partial charge in [-0.25, -0.2) is 0 Å². The van der Waals surface area contributed by atoms with E-state index in [-0.39, 0.29) is 0 Å². The summed E-state index contributed by atoms with van der Waals surface area (Å²) in [4.78, 5) is 0. The van der Waals surface area contributed by atoms with Crippen LogP contribution in [0.15, 0.2) is 54.6 Å². The topological polar surface area (TPSA) is 30.7 Å². The number of nitrogens with zero attached hydrogens (tertiary/aromatic N) is 3. The third-order valence-electron chi connectivity index (χ3n) is 2.94. The number of aromatic nitrogens is 3. The van der Waals surface area contributed by atoms with Gasteiger partial charge >= 0.3 is 0 Å². The second-order valence-electron chi connectivity index (χ2n) is 4.25. The number of rotatable bonds is 2. The first kappa shape index (κ1) is 11.9. The predicted molar refractivity (Wildman–Crippen MR) is 76.5 cm³/mol. The number of aryl methyl sites for hydroxylation is 1. The summed E-state index contributed by atoms with van der Waals surface area (Å²) in [6.45, 7) is 1.94. The molecule has 0 aliphatic rings. The van der Waals surface area contributed by atoms with E-state index in [9.17, 15) is 0 Å². The summed E-state index contributed by atoms with van der Waals surface area (Å²) in [6.07, 6.45) is 0. The molecular formula is C15H12ClN3. The Labute approximate surface area is 116 Å². The molecule has 4 heteroatoms. The zero-order valence-electron chi connectivity index (χ0n) is 10.4. The van der Waals surface area contributed by atoms with Crippen LogP contribution < -0.4 is 0 Å². The van der Waals surface area contributed by atoms with Crippen molar-refractivity contribution in [3.05, 3.63) is 65.4 Å². The van der Waals surface area contributed by atoms with E-state index in [1.54, 1.807) is 0 Å². The molecule has 0 atom stereocenters. The van der Waals surface area contributed by atoms with Crippen molar-refractivity contribution in [2.45, 2.75) is 6.92 Å². The van der Waals surface area contributed by atoms with Crippen LogP contribution in [0.1, 0.15) is 5.82 Å². The highest BCUT2D eigenvalue weighted by Gasteiger charge is 2.12. The molecule has 0 amide bonds. The molecule has 1 heterocycles. The quantitative estimate of drug-likeness (QED) is 0.706. The summed E-state index contributed by atoms with van der Waals surface area (Å²) in [5, 5.41) is 9.15. The molecule has 0 saturated heterocycles. The van der Waals surface area contributed by atoms with E-state index in [2.05, 4.69) is 10.2 Å². The van der Waals surface area contributed by atoms with Crippen LogP contribution in [0.25, 0.3) is 17.1 Å². The molecule has 0 unspecified atom stereocenters. The standard InChI is InChI=1S/C15H12ClN3/c1-11-17-18-15(12-5-3-2-4-6-12)19(11)14-9-7-13(16)8-10-14/h2-10H,1H3. The van der Waals surface area contributed by atoms with Gasteiger partial charge in [0.25, 0.3) is 0 Å². The lowest BCUT2D eigenvalue weighted by Crippen LogP contribution is -1.99. The van der Waals surface area contributed by atoms with Crippen LogP contribution in [0.2, 0.25) is 5.02 Å². The second-order valence-corrected chi connectivity index (χ2v) is 4.69. The van der Waals surface area contributed by atoms with Gasteiger partial charge in [-0.15, -0.1) is 10.2 Å². The molecule has 0 radical (unpaired) electrons. The first-order valence-corrected chi connectivity index (χ1v) is 6.37. The molecule has 3 rings (SSSR count). The van der Waals surface area contributed by atoms with Crippen LogP contribution in [0, 0.1) is 6.92 Å². The molecule has 0 N–H and O–H groups in total. The lowest BCUT2D eigenvalue weighted by Gasteiger charge is -2.08. The predicted octanol–water partition coefficient (Wildman–Crippen LogP) is 3.90. The van der Waals surface area contributed by atoms with Crippen LogP contribution >= 0.6 is 11.6 Å². The molecule has 94 valence electrons. The Morgan fingerprint density at radius 2 is 1.58 bits per heavy atom. The maximum absolute atomic E-state index is 5.93. The van der Waals surface area contributed by atoms with Crippen molar-refractivity contribution in [2.75, 3.05) is 0 Å². The fraction of sp³-hybridized carbons (Fsp3) is 0.0667. The van der Waals surface area contributed by atoms with Gasteiger partial charge < -0.3 is 0 Å². The summed E-state index contributed by atoms with van der Waals surface area (Å²) >= 11 is 5.93. The van der Waals surface area contributed by atoms with Crippen molar-refractivity contribution in [1.82, 2.24) is 14.8 Å². The van der Waals surface area contributed by atoms with Crippen molar-refractivity contribution in [3.63, 3.8) is 0 Å². The van der Waals surface area contributed by atoms with E-state index in [0.29, 0.717) is 0 Å². The third kappa shape index (κ3) is 2.25. The lowest BCUT2D eigenvalue weighted by atomic mass is 10.2. The monoisotopic (exact) mass is 269 g/mol. The zero-order chi connectivity index (χ0) is 13.2. The zero-order valence-corrected chi connectivity index (χ0v) is 11.2. The molecule has 19 heavy (non-hydrogen) atoms. The van der Waals surface area contributed by atoms with Gasteiger partial charge in [0.15, 0.2) is 5.82 Å². The lowest BCUT2D eigenvalue weighted by molar-refractivity contribution is 0.972. The van der Waals surface area contributed by atoms with E-state index >= 15 is 0 Å². The summed E-state index contributed by atoms with van der Waals surface area (Å²) in [7, 11) is 0. The SMILES string of the molecule is Cc1nnc(-c2ccccc2)n1-c1ccc(Cl)cc1. The van der Waals surface area contributed by atoms with E-state index in [1.165, 1.54) is 0 Å². The number of hydrogen-bond acceptors (Lipinski definition) is 2. The number of hydrogen-bond donors (Lipinski definition) is 0. The molecular weight excluding hydrogens is 258 g/mol. The largest absolute Gasteiger partial charge is 0.279 e. The van der Waals surface area contributed by atoms with Crippen molar-refractivity contribution in [3.8, 4) is 17.1 Å². The van der Waals surface area contributed by atoms with Crippen molar-refractivity contribution >= 4 is 11.6 Å². The maximum atomic E-state index is 5.93. The molecule has 1 aromatic heterocycles. The maximum Gasteiger partial charge on any atom is 0.168 e. The number of halogens is 1. The first-order chi connectivity index (χ1) is 9.25. The van der Waals surface area contributed by atoms with Gasteiger partial charge in [-0.2, -0.15) is 0 Å². The number of benzene rings is 2. The Hall–Kier alpha value is -2.13. The van der Waals surface area contributed by atoms with E-state index in [4.69, 9.17) is 11.6 Å². The average molecular weight is 270 g/mol. The minimum atomic E-state index is 0.718. The Morgan fingerprint density at radius 3 is 2.26 bits per heavy atom. The van der Waals surface area contributed by atoms with Gasteiger partial charge in [-0.05, 0) is 31.2 Å². The summed E-state index contributed by atoms with van der Waals surface area (Å²) in [5.74, 6) is 1.68. The van der Waals surface area contributed by atoms with Gasteiger partial charge in [-0.1, -0.05) is 41.9 Å². The molecule has 0 fully saturated rings. The molecule has 0 aliphatic carbocycles. The highest BCUT2D eigenvalue weighted by atomic mass is 35.5. The normalized spacial score (nSPS) is 10.6. The van der Waals surface area contributed by atoms with Crippen LogP contribution in [-0.4, -0.2) is 14.8 Å². The molecule has 0 bridgehead atoms. The van der Waals surface area contributed by atoms with E-state index < -0.39 is 0 Å². The molecule has 3 aromatic rings. The summed E-state index contributed by atoms with van der Waals surface area (Å²) in [6, 6.07) is 17.7. The van der Waals surface area contributed by atoms with E-state index in [0.717, 1.165) is 27.9 Å². The van der Waals surface area contributed by atoms with Crippen LogP contribution in [-0.2, 0) is 0 Å². The van der Waals surface area contributed by atoms with Gasteiger partial charge in [0.05, 0.1) is 0 Å². The molecule has 2 aromatic carbocycles. The summed E-state index contributed by atoms with van der Waals surface area (Å²) in [5.41, 5.74) is 2.05. The highest BCUT2D eigenvalue weighted by Crippen LogP contribution is 2.23. The molecule has 0 spiro atoms. The van der Waals surface area contributed by atoms with Gasteiger partial charge in [0.2, 0.25) is 0 Å². The van der Waals surface area contributed by atoms with Gasteiger partial charge in [-0.3, -0.25) is 4.57 Å². The fourth-order valence-corrected chi connectivity index (χ4v) is 2.16. The molecule has 3 nitrogen and oxygen atoms in total. The van der Waals surface area contributed by atoms with Gasteiger partial charge in [0, 0.05) is 16.3 Å². The van der Waals surface area contributed by atoms with Crippen molar-refractivity contribution < 1.29 is 0 Å². The Kier molecular flexibility index (Phi) is 3.05. The van der Waals surface area contributed by atoms with Gasteiger partial charge in [0.1, 0.15) is 5.82 Å². The second kappa shape index (κ2) is 4.86. The minimum absolute atomic E-state index is 0.718. The smallest absolute Gasteiger partial charge is 0.168 e. The van der Waals surface area contributed by atoms with Crippen LogP contribution in [0.3, 0.4) is 0 Å². The highest BCUT2D eigenvalue weighted by molar-refractivity contribution is 6.30. The summed E-state index contributed by atoms with van der Waals surface area (Å²) < 4.78 is 2.02. The van der Waals surface area contributed by atoms with Crippen LogP contribution in [0.4, 0.5) is 0 Å². The van der Waals surface area contributed by atoms with E-state index in [1.807, 2.05) is 66.1 Å². The molecule has 0 aliphatic heterocycles. The van der Waals surface area contributed by atoms with Crippen LogP contribution in [0.5, 0.6) is 0 Å². The van der Waals surface area contributed by atoms with Crippen molar-refractivity contribution in [2.24, 2.45) is 0 Å². The van der Waals surface area contributed by atoms with Crippen molar-refractivity contribution in [1.29, 1.82) is 0 Å². The molecule has 0 saturated carbocycles. The Morgan fingerprint density at radius 1 is 0.895 bits per heavy atom.